The lowest BCUT2D eigenvalue weighted by molar-refractivity contribution is -0.140. The summed E-state index contributed by atoms with van der Waals surface area (Å²) in [6.07, 6.45) is 0. The number of carbonyl (C=O) groups is 2. The van der Waals surface area contributed by atoms with Gasteiger partial charge in [-0.3, -0.25) is 9.59 Å². The van der Waals surface area contributed by atoms with E-state index in [1.807, 2.05) is 0 Å². The first-order chi connectivity index (χ1) is 11.5. The molecule has 0 radical (unpaired) electrons. The highest BCUT2D eigenvalue weighted by atomic mass is 19.2. The van der Waals surface area contributed by atoms with Crippen molar-refractivity contribution < 1.29 is 27.8 Å². The maximum atomic E-state index is 13.7. The average Bonchev–Trinajstić information content (AvgIpc) is 2.53. The average molecular weight is 336 g/mol. The van der Waals surface area contributed by atoms with E-state index >= 15 is 0 Å². The van der Waals surface area contributed by atoms with Crippen molar-refractivity contribution in [1.29, 1.82) is 0 Å². The molecule has 0 saturated carbocycles. The molecule has 0 amide bonds. The van der Waals surface area contributed by atoms with Crippen LogP contribution >= 0.6 is 0 Å². The van der Waals surface area contributed by atoms with Crippen LogP contribution in [-0.2, 0) is 20.9 Å². The smallest absolute Gasteiger partial charge is 0.302 e. The van der Waals surface area contributed by atoms with Crippen molar-refractivity contribution in [2.24, 2.45) is 0 Å². The summed E-state index contributed by atoms with van der Waals surface area (Å²) in [5, 5.41) is 3.47. The molecule has 24 heavy (non-hydrogen) atoms. The Hall–Kier alpha value is -2.61. The van der Waals surface area contributed by atoms with Gasteiger partial charge in [0.15, 0.2) is 17.4 Å². The van der Waals surface area contributed by atoms with Crippen LogP contribution in [0.4, 0.5) is 14.6 Å². The molecule has 2 heterocycles. The van der Waals surface area contributed by atoms with Gasteiger partial charge >= 0.3 is 5.97 Å². The monoisotopic (exact) mass is 336 g/mol. The van der Waals surface area contributed by atoms with Gasteiger partial charge in [-0.1, -0.05) is 0 Å². The summed E-state index contributed by atoms with van der Waals surface area (Å²) in [6.45, 7) is 1.59. The summed E-state index contributed by atoms with van der Waals surface area (Å²) in [6, 6.07) is 1.99. The Balaban J connectivity index is 2.05. The van der Waals surface area contributed by atoms with Gasteiger partial charge in [0.2, 0.25) is 0 Å². The summed E-state index contributed by atoms with van der Waals surface area (Å²) in [4.78, 5) is 27.1. The number of esters is 1. The zero-order chi connectivity index (χ0) is 17.3. The molecule has 0 saturated heterocycles. The van der Waals surface area contributed by atoms with E-state index in [0.29, 0.717) is 5.69 Å². The lowest BCUT2D eigenvalue weighted by Gasteiger charge is -2.19. The summed E-state index contributed by atoms with van der Waals surface area (Å²) in [5.74, 6) is -2.56. The number of halogens is 2. The second-order valence-corrected chi connectivity index (χ2v) is 5.28. The van der Waals surface area contributed by atoms with E-state index in [0.717, 1.165) is 12.1 Å². The van der Waals surface area contributed by atoms with Gasteiger partial charge in [-0.15, -0.1) is 0 Å². The van der Waals surface area contributed by atoms with E-state index < -0.39 is 17.6 Å². The van der Waals surface area contributed by atoms with Crippen LogP contribution in [0.2, 0.25) is 0 Å². The van der Waals surface area contributed by atoms with Gasteiger partial charge in [0.1, 0.15) is 19.0 Å². The van der Waals surface area contributed by atoms with E-state index in [2.05, 4.69) is 10.3 Å². The van der Waals surface area contributed by atoms with E-state index in [4.69, 9.17) is 9.47 Å². The fraction of sp³-hybridized carbons (Fsp3) is 0.312. The highest BCUT2D eigenvalue weighted by molar-refractivity contribution is 6.12. The summed E-state index contributed by atoms with van der Waals surface area (Å²) >= 11 is 0. The second-order valence-electron chi connectivity index (χ2n) is 5.28. The lowest BCUT2D eigenvalue weighted by Crippen LogP contribution is -2.21. The minimum atomic E-state index is -1.04. The molecule has 1 aliphatic heterocycles. The number of pyridine rings is 1. The molecule has 1 N–H and O–H groups in total. The predicted octanol–water partition coefficient (Wildman–Crippen LogP) is 2.20. The van der Waals surface area contributed by atoms with Gasteiger partial charge in [-0.05, 0) is 12.1 Å². The van der Waals surface area contributed by atoms with Crippen molar-refractivity contribution in [3.63, 3.8) is 0 Å². The zero-order valence-electron chi connectivity index (χ0n) is 12.8. The number of fused-ring (bicyclic) bond motifs is 3. The zero-order valence-corrected chi connectivity index (χ0v) is 12.8. The normalized spacial score (nSPS) is 13.7. The Kier molecular flexibility index (Phi) is 4.39. The van der Waals surface area contributed by atoms with Crippen molar-refractivity contribution in [3.05, 3.63) is 35.0 Å². The molecule has 0 atom stereocenters. The molecule has 1 aromatic carbocycles. The van der Waals surface area contributed by atoms with Crippen LogP contribution in [0.5, 0.6) is 0 Å². The molecule has 1 aromatic heterocycles. The summed E-state index contributed by atoms with van der Waals surface area (Å²) < 4.78 is 37.3. The largest absolute Gasteiger partial charge is 0.464 e. The van der Waals surface area contributed by atoms with Crippen LogP contribution < -0.4 is 5.32 Å². The number of nitrogens with one attached hydrogen (secondary N) is 1. The van der Waals surface area contributed by atoms with E-state index in [1.165, 1.54) is 6.92 Å². The van der Waals surface area contributed by atoms with E-state index in [9.17, 15) is 18.4 Å². The minimum absolute atomic E-state index is 0.0920. The van der Waals surface area contributed by atoms with Gasteiger partial charge < -0.3 is 14.8 Å². The van der Waals surface area contributed by atoms with Crippen LogP contribution in [0.25, 0.3) is 10.8 Å². The fourth-order valence-corrected chi connectivity index (χ4v) is 2.58. The molecule has 8 heteroatoms. The van der Waals surface area contributed by atoms with Gasteiger partial charge in [-0.25, -0.2) is 13.8 Å². The third kappa shape index (κ3) is 3.05. The molecular formula is C16H14F2N2O4. The van der Waals surface area contributed by atoms with Gasteiger partial charge in [0.25, 0.3) is 0 Å². The van der Waals surface area contributed by atoms with Crippen molar-refractivity contribution in [2.45, 2.75) is 13.5 Å². The molecule has 0 fully saturated rings. The molecule has 126 valence electrons. The van der Waals surface area contributed by atoms with Crippen molar-refractivity contribution in [2.75, 3.05) is 25.1 Å². The SMILES string of the molecule is CC(=O)OCCNc1nc2c(c3cc(F)c(F)cc13)C(=O)COC2. The molecule has 0 spiro atoms. The van der Waals surface area contributed by atoms with Gasteiger partial charge in [0, 0.05) is 17.7 Å². The second kappa shape index (κ2) is 6.48. The van der Waals surface area contributed by atoms with Crippen LogP contribution in [0, 0.1) is 11.6 Å². The number of Topliss-reactive ketones (excluding diaryl/α,β-unsaturated/α-hetero) is 1. The molecule has 0 bridgehead atoms. The van der Waals surface area contributed by atoms with E-state index in [1.54, 1.807) is 0 Å². The maximum absolute atomic E-state index is 13.7. The van der Waals surface area contributed by atoms with Crippen molar-refractivity contribution >= 4 is 28.3 Å². The number of hydrogen-bond donors (Lipinski definition) is 1. The predicted molar refractivity (Wildman–Crippen MR) is 80.8 cm³/mol. The highest BCUT2D eigenvalue weighted by Crippen LogP contribution is 2.31. The number of benzene rings is 1. The standard InChI is InChI=1S/C16H14F2N2O4/c1-8(21)24-3-2-19-16-10-5-12(18)11(17)4-9(10)15-13(20-16)6-23-7-14(15)22/h4-5H,2-3,6-7H2,1H3,(H,19,20). The van der Waals surface area contributed by atoms with Crippen LogP contribution in [0.1, 0.15) is 23.0 Å². The fourth-order valence-electron chi connectivity index (χ4n) is 2.58. The minimum Gasteiger partial charge on any atom is -0.464 e. The summed E-state index contributed by atoms with van der Waals surface area (Å²) in [5.41, 5.74) is 0.612. The number of aromatic nitrogens is 1. The van der Waals surface area contributed by atoms with Gasteiger partial charge in [0.05, 0.1) is 24.4 Å². The number of nitrogens with zero attached hydrogens (tertiary/aromatic N) is 1. The molecule has 2 aromatic rings. The lowest BCUT2D eigenvalue weighted by atomic mass is 9.98. The maximum Gasteiger partial charge on any atom is 0.302 e. The van der Waals surface area contributed by atoms with Crippen LogP contribution in [0.15, 0.2) is 12.1 Å². The first-order valence-corrected chi connectivity index (χ1v) is 7.27. The molecule has 6 nitrogen and oxygen atoms in total. The Morgan fingerprint density at radius 1 is 1.29 bits per heavy atom. The number of ketones is 1. The Morgan fingerprint density at radius 2 is 2.00 bits per heavy atom. The van der Waals surface area contributed by atoms with Gasteiger partial charge in [-0.2, -0.15) is 0 Å². The number of carbonyl (C=O) groups excluding carboxylic acids is 2. The topological polar surface area (TPSA) is 77.5 Å². The summed E-state index contributed by atoms with van der Waals surface area (Å²) in [7, 11) is 0. The molecule has 0 unspecified atom stereocenters. The molecular weight excluding hydrogens is 322 g/mol. The number of hydrogen-bond acceptors (Lipinski definition) is 6. The Morgan fingerprint density at radius 3 is 2.71 bits per heavy atom. The van der Waals surface area contributed by atoms with Crippen LogP contribution in [-0.4, -0.2) is 36.5 Å². The van der Waals surface area contributed by atoms with Crippen molar-refractivity contribution in [3.8, 4) is 0 Å². The number of rotatable bonds is 4. The Labute approximate surface area is 135 Å². The molecule has 0 aliphatic carbocycles. The number of anilines is 1. The van der Waals surface area contributed by atoms with E-state index in [-0.39, 0.29) is 54.3 Å². The number of ether oxygens (including phenoxy) is 2. The first kappa shape index (κ1) is 16.3. The first-order valence-electron chi connectivity index (χ1n) is 7.27. The molecule has 3 rings (SSSR count). The van der Waals surface area contributed by atoms with Crippen LogP contribution in [0.3, 0.4) is 0 Å². The Bertz CT molecular complexity index is 839. The van der Waals surface area contributed by atoms with Crippen molar-refractivity contribution in [1.82, 2.24) is 4.98 Å². The third-order valence-corrected chi connectivity index (χ3v) is 3.57. The highest BCUT2D eigenvalue weighted by Gasteiger charge is 2.25. The molecule has 1 aliphatic rings. The third-order valence-electron chi connectivity index (χ3n) is 3.57. The quantitative estimate of drug-likeness (QED) is 0.681.